The Kier molecular flexibility index (Phi) is 6.57. The Morgan fingerprint density at radius 2 is 1.47 bits per heavy atom. The molecule has 4 aromatic rings. The van der Waals surface area contributed by atoms with E-state index in [4.69, 9.17) is 9.47 Å². The molecule has 0 bridgehead atoms. The highest BCUT2D eigenvalue weighted by molar-refractivity contribution is 6.03. The summed E-state index contributed by atoms with van der Waals surface area (Å²) in [5, 5.41) is 6.99. The van der Waals surface area contributed by atoms with Crippen molar-refractivity contribution in [3.05, 3.63) is 113 Å². The highest BCUT2D eigenvalue weighted by Gasteiger charge is 2.13. The summed E-state index contributed by atoms with van der Waals surface area (Å²) in [6.45, 7) is 0.457. The number of benzene rings is 3. The van der Waals surface area contributed by atoms with E-state index in [0.29, 0.717) is 22.9 Å². The van der Waals surface area contributed by atoms with Crippen molar-refractivity contribution in [2.24, 2.45) is 0 Å². The number of amides is 1. The second-order valence-corrected chi connectivity index (χ2v) is 6.81. The quantitative estimate of drug-likeness (QED) is 0.452. The molecule has 0 saturated carbocycles. The van der Waals surface area contributed by atoms with Gasteiger partial charge in [-0.15, -0.1) is 0 Å². The highest BCUT2D eigenvalue weighted by atomic mass is 16.5. The molecule has 0 atom stereocenters. The number of aromatic nitrogens is 2. The van der Waals surface area contributed by atoms with Crippen LogP contribution in [0.15, 0.2) is 102 Å². The fourth-order valence-corrected chi connectivity index (χ4v) is 2.96. The molecule has 3 aromatic carbocycles. The van der Waals surface area contributed by atoms with Gasteiger partial charge < -0.3 is 14.8 Å². The molecule has 0 radical (unpaired) electrons. The second-order valence-electron chi connectivity index (χ2n) is 6.81. The van der Waals surface area contributed by atoms with E-state index in [0.717, 1.165) is 0 Å². The van der Waals surface area contributed by atoms with Gasteiger partial charge in [0.2, 0.25) is 0 Å². The summed E-state index contributed by atoms with van der Waals surface area (Å²) in [6, 6.07) is 28.4. The van der Waals surface area contributed by atoms with Crippen LogP contribution in [0.25, 0.3) is 0 Å². The summed E-state index contributed by atoms with van der Waals surface area (Å²) >= 11 is 0. The van der Waals surface area contributed by atoms with Crippen LogP contribution in [0.3, 0.4) is 0 Å². The van der Waals surface area contributed by atoms with Gasteiger partial charge in [0.25, 0.3) is 11.5 Å². The minimum absolute atomic E-state index is 0.110. The van der Waals surface area contributed by atoms with E-state index < -0.39 is 5.91 Å². The molecular formula is C25H21N3O4. The normalized spacial score (nSPS) is 10.4. The van der Waals surface area contributed by atoms with E-state index in [-0.39, 0.29) is 24.4 Å². The molecule has 1 heterocycles. The predicted octanol–water partition coefficient (Wildman–Crippen LogP) is 4.37. The third kappa shape index (κ3) is 5.40. The molecule has 4 rings (SSSR count). The maximum atomic E-state index is 12.8. The number of nitrogens with one attached hydrogen (secondary N) is 1. The van der Waals surface area contributed by atoms with Crippen molar-refractivity contribution >= 4 is 11.6 Å². The van der Waals surface area contributed by atoms with Gasteiger partial charge in [0.15, 0.2) is 5.75 Å². The first-order chi connectivity index (χ1) is 15.7. The maximum absolute atomic E-state index is 12.8. The summed E-state index contributed by atoms with van der Waals surface area (Å²) < 4.78 is 12.7. The summed E-state index contributed by atoms with van der Waals surface area (Å²) in [6.07, 6.45) is 0. The van der Waals surface area contributed by atoms with Gasteiger partial charge in [-0.3, -0.25) is 9.59 Å². The number of ether oxygens (including phenoxy) is 2. The van der Waals surface area contributed by atoms with Crippen molar-refractivity contribution in [2.45, 2.75) is 6.54 Å². The lowest BCUT2D eigenvalue weighted by Gasteiger charge is -2.12. The molecule has 0 saturated heterocycles. The van der Waals surface area contributed by atoms with Gasteiger partial charge in [-0.1, -0.05) is 48.5 Å². The second kappa shape index (κ2) is 10.1. The van der Waals surface area contributed by atoms with Crippen LogP contribution in [-0.4, -0.2) is 22.3 Å². The molecule has 32 heavy (non-hydrogen) atoms. The van der Waals surface area contributed by atoms with Crippen LogP contribution in [0, 0.1) is 0 Å². The minimum Gasteiger partial charge on any atom is -0.492 e. The Morgan fingerprint density at radius 3 is 2.22 bits per heavy atom. The molecule has 1 aromatic heterocycles. The van der Waals surface area contributed by atoms with Crippen LogP contribution in [0.1, 0.15) is 10.5 Å². The third-order valence-corrected chi connectivity index (χ3v) is 4.52. The fourth-order valence-electron chi connectivity index (χ4n) is 2.96. The zero-order valence-corrected chi connectivity index (χ0v) is 17.2. The number of hydrogen-bond acceptors (Lipinski definition) is 5. The van der Waals surface area contributed by atoms with Gasteiger partial charge in [0.1, 0.15) is 23.8 Å². The number of anilines is 1. The lowest BCUT2D eigenvalue weighted by molar-refractivity contribution is 0.101. The smallest absolute Gasteiger partial charge is 0.276 e. The summed E-state index contributed by atoms with van der Waals surface area (Å²) in [5.41, 5.74) is 0.290. The first-order valence-electron chi connectivity index (χ1n) is 10.1. The Balaban J connectivity index is 1.45. The van der Waals surface area contributed by atoms with Crippen molar-refractivity contribution in [3.63, 3.8) is 0 Å². The molecule has 0 aliphatic carbocycles. The van der Waals surface area contributed by atoms with Gasteiger partial charge in [-0.25, -0.2) is 4.68 Å². The number of nitrogens with zero attached hydrogens (tertiary/aromatic N) is 2. The average Bonchev–Trinajstić information content (AvgIpc) is 2.83. The summed E-state index contributed by atoms with van der Waals surface area (Å²) in [7, 11) is 0. The van der Waals surface area contributed by atoms with Gasteiger partial charge in [-0.2, -0.15) is 5.10 Å². The summed E-state index contributed by atoms with van der Waals surface area (Å²) in [5.74, 6) is 1.40. The lowest BCUT2D eigenvalue weighted by Crippen LogP contribution is -2.28. The zero-order valence-electron chi connectivity index (χ0n) is 17.2. The topological polar surface area (TPSA) is 82.5 Å². The van der Waals surface area contributed by atoms with E-state index >= 15 is 0 Å². The van der Waals surface area contributed by atoms with Crippen LogP contribution in [-0.2, 0) is 6.54 Å². The first-order valence-corrected chi connectivity index (χ1v) is 10.1. The Morgan fingerprint density at radius 1 is 0.812 bits per heavy atom. The predicted molar refractivity (Wildman–Crippen MR) is 121 cm³/mol. The van der Waals surface area contributed by atoms with Crippen LogP contribution < -0.4 is 20.3 Å². The summed E-state index contributed by atoms with van der Waals surface area (Å²) in [4.78, 5) is 24.9. The molecule has 160 valence electrons. The molecule has 0 unspecified atom stereocenters. The number of carbonyl (C=O) groups excluding carboxylic acids is 1. The minimum atomic E-state index is -0.452. The van der Waals surface area contributed by atoms with E-state index in [1.54, 1.807) is 18.2 Å². The molecule has 7 nitrogen and oxygen atoms in total. The Labute approximate surface area is 184 Å². The Bertz CT molecular complexity index is 1240. The molecule has 0 spiro atoms. The van der Waals surface area contributed by atoms with Crippen molar-refractivity contribution in [1.82, 2.24) is 9.78 Å². The van der Waals surface area contributed by atoms with Crippen LogP contribution >= 0.6 is 0 Å². The highest BCUT2D eigenvalue weighted by Crippen LogP contribution is 2.29. The monoisotopic (exact) mass is 427 g/mol. The SMILES string of the molecule is O=C(Nc1ccccc1Oc1ccccc1)c1ccc(=O)n(CCOc2ccccc2)n1. The maximum Gasteiger partial charge on any atom is 0.276 e. The van der Waals surface area contributed by atoms with E-state index in [9.17, 15) is 9.59 Å². The molecule has 7 heteroatoms. The molecule has 0 aliphatic heterocycles. The van der Waals surface area contributed by atoms with Gasteiger partial charge >= 0.3 is 0 Å². The van der Waals surface area contributed by atoms with E-state index in [2.05, 4.69) is 10.4 Å². The van der Waals surface area contributed by atoms with Gasteiger partial charge in [0, 0.05) is 6.07 Å². The molecule has 0 fully saturated rings. The largest absolute Gasteiger partial charge is 0.492 e. The van der Waals surface area contributed by atoms with Crippen molar-refractivity contribution in [3.8, 4) is 17.2 Å². The molecular weight excluding hydrogens is 406 g/mol. The van der Waals surface area contributed by atoms with Crippen molar-refractivity contribution < 1.29 is 14.3 Å². The van der Waals surface area contributed by atoms with Crippen molar-refractivity contribution in [2.75, 3.05) is 11.9 Å². The average molecular weight is 427 g/mol. The van der Waals surface area contributed by atoms with Crippen LogP contribution in [0.2, 0.25) is 0 Å². The zero-order chi connectivity index (χ0) is 22.2. The van der Waals surface area contributed by atoms with Crippen LogP contribution in [0.5, 0.6) is 17.2 Å². The number of carbonyl (C=O) groups is 1. The first kappa shape index (κ1) is 20.9. The third-order valence-electron chi connectivity index (χ3n) is 4.52. The number of hydrogen-bond donors (Lipinski definition) is 1. The van der Waals surface area contributed by atoms with Gasteiger partial charge in [0.05, 0.1) is 12.2 Å². The molecule has 1 N–H and O–H groups in total. The molecule has 0 aliphatic rings. The van der Waals surface area contributed by atoms with E-state index in [1.165, 1.54) is 16.8 Å². The fraction of sp³-hybridized carbons (Fsp3) is 0.0800. The van der Waals surface area contributed by atoms with Crippen LogP contribution in [0.4, 0.5) is 5.69 Å². The van der Waals surface area contributed by atoms with E-state index in [1.807, 2.05) is 66.7 Å². The Hall–Kier alpha value is -4.39. The van der Waals surface area contributed by atoms with Crippen molar-refractivity contribution in [1.29, 1.82) is 0 Å². The lowest BCUT2D eigenvalue weighted by atomic mass is 10.2. The number of para-hydroxylation sites is 4. The molecule has 1 amide bonds. The standard InChI is InChI=1S/C25H21N3O4/c29-24-16-15-22(27-28(24)17-18-31-19-9-3-1-4-10-19)25(30)26-21-13-7-8-14-23(21)32-20-11-5-2-6-12-20/h1-16H,17-18H2,(H,26,30). The number of rotatable bonds is 8. The van der Waals surface area contributed by atoms with Gasteiger partial charge in [-0.05, 0) is 42.5 Å².